The maximum Gasteiger partial charge on any atom is 0.331 e. The Morgan fingerprint density at radius 1 is 1.23 bits per heavy atom. The van der Waals surface area contributed by atoms with Crippen LogP contribution in [0.5, 0.6) is 5.75 Å². The average molecular weight is 250 g/mol. The van der Waals surface area contributed by atoms with Crippen LogP contribution in [0.15, 0.2) is 42.3 Å². The Hall–Kier alpha value is -0.667. The Bertz CT molecular complexity index is 358. The summed E-state index contributed by atoms with van der Waals surface area (Å²) in [5.74, 6) is 0.289. The molecular formula is C8H8O3SZn. The minimum absolute atomic E-state index is 0. The Balaban J connectivity index is 0.00000144. The van der Waals surface area contributed by atoms with Crippen molar-refractivity contribution in [1.29, 1.82) is 0 Å². The van der Waals surface area contributed by atoms with Crippen molar-refractivity contribution in [3.8, 4) is 5.75 Å². The molecule has 1 aromatic carbocycles. The third kappa shape index (κ3) is 4.20. The molecule has 1 aromatic rings. The molecule has 0 amide bonds. The molecule has 0 heterocycles. The fourth-order valence-electron chi connectivity index (χ4n) is 0.644. The summed E-state index contributed by atoms with van der Waals surface area (Å²) in [4.78, 5) is 0. The van der Waals surface area contributed by atoms with Gasteiger partial charge in [-0.05, 0) is 12.1 Å². The predicted octanol–water partition coefficient (Wildman–Crippen LogP) is 1.54. The third-order valence-corrected chi connectivity index (χ3v) is 1.99. The van der Waals surface area contributed by atoms with Gasteiger partial charge in [0.2, 0.25) is 0 Å². The van der Waals surface area contributed by atoms with Gasteiger partial charge in [0.25, 0.3) is 0 Å². The Labute approximate surface area is 90.3 Å². The molecule has 3 nitrogen and oxygen atoms in total. The van der Waals surface area contributed by atoms with Crippen molar-refractivity contribution >= 4 is 10.1 Å². The smallest absolute Gasteiger partial charge is 0.331 e. The minimum Gasteiger partial charge on any atom is -0.379 e. The number of hydrogen-bond donors (Lipinski definition) is 0. The first kappa shape index (κ1) is 12.3. The first-order valence-electron chi connectivity index (χ1n) is 3.26. The number of para-hydroxylation sites is 1. The first-order valence-corrected chi connectivity index (χ1v) is 4.73. The van der Waals surface area contributed by atoms with E-state index in [9.17, 15) is 8.42 Å². The molecule has 13 heavy (non-hydrogen) atoms. The van der Waals surface area contributed by atoms with Crippen LogP contribution in [0.4, 0.5) is 0 Å². The Morgan fingerprint density at radius 3 is 2.23 bits per heavy atom. The molecule has 5 heteroatoms. The summed E-state index contributed by atoms with van der Waals surface area (Å²) in [6, 6.07) is 8.26. The van der Waals surface area contributed by atoms with Gasteiger partial charge in [-0.2, -0.15) is 8.42 Å². The number of hydrogen-bond acceptors (Lipinski definition) is 3. The molecule has 0 saturated carbocycles. The van der Waals surface area contributed by atoms with Gasteiger partial charge in [0, 0.05) is 19.5 Å². The summed E-state index contributed by atoms with van der Waals surface area (Å²) >= 11 is 0. The van der Waals surface area contributed by atoms with Gasteiger partial charge >= 0.3 is 10.1 Å². The van der Waals surface area contributed by atoms with Crippen molar-refractivity contribution in [1.82, 2.24) is 0 Å². The zero-order chi connectivity index (χ0) is 9.03. The predicted molar refractivity (Wildman–Crippen MR) is 46.2 cm³/mol. The molecule has 1 rings (SSSR count). The minimum atomic E-state index is -3.61. The van der Waals surface area contributed by atoms with Crippen molar-refractivity contribution in [2.75, 3.05) is 0 Å². The van der Waals surface area contributed by atoms with E-state index in [1.165, 1.54) is 0 Å². The van der Waals surface area contributed by atoms with E-state index in [-0.39, 0.29) is 25.2 Å². The second kappa shape index (κ2) is 5.15. The van der Waals surface area contributed by atoms with Gasteiger partial charge in [-0.1, -0.05) is 24.8 Å². The normalized spacial score (nSPS) is 9.85. The van der Waals surface area contributed by atoms with Crippen molar-refractivity contribution < 1.29 is 32.1 Å². The van der Waals surface area contributed by atoms with Crippen molar-refractivity contribution in [2.45, 2.75) is 0 Å². The SMILES string of the molecule is C=CS(=O)(=O)Oc1ccccc1.[Zn]. The number of rotatable bonds is 3. The fraction of sp³-hybridized carbons (Fsp3) is 0. The van der Waals surface area contributed by atoms with E-state index in [1.807, 2.05) is 0 Å². The molecule has 0 unspecified atom stereocenters. The second-order valence-corrected chi connectivity index (χ2v) is 3.54. The third-order valence-electron chi connectivity index (χ3n) is 1.16. The zero-order valence-corrected chi connectivity index (χ0v) is 10.8. The van der Waals surface area contributed by atoms with E-state index in [0.29, 0.717) is 0 Å². The van der Waals surface area contributed by atoms with Crippen molar-refractivity contribution in [3.63, 3.8) is 0 Å². The second-order valence-electron chi connectivity index (χ2n) is 2.06. The largest absolute Gasteiger partial charge is 0.379 e. The quantitative estimate of drug-likeness (QED) is 0.603. The topological polar surface area (TPSA) is 43.4 Å². The molecule has 0 fully saturated rings. The van der Waals surface area contributed by atoms with Gasteiger partial charge in [0.1, 0.15) is 5.75 Å². The molecule has 0 aliphatic heterocycles. The zero-order valence-electron chi connectivity index (χ0n) is 7.01. The van der Waals surface area contributed by atoms with Crippen LogP contribution < -0.4 is 4.18 Å². The van der Waals surface area contributed by atoms with E-state index >= 15 is 0 Å². The molecular weight excluding hydrogens is 242 g/mol. The molecule has 0 radical (unpaired) electrons. The molecule has 0 saturated heterocycles. The maximum absolute atomic E-state index is 10.8. The Morgan fingerprint density at radius 2 is 1.77 bits per heavy atom. The van der Waals surface area contributed by atoms with Crippen LogP contribution in [0.1, 0.15) is 0 Å². The van der Waals surface area contributed by atoms with Crippen LogP contribution in [0, 0.1) is 0 Å². The van der Waals surface area contributed by atoms with Crippen LogP contribution in [-0.2, 0) is 29.6 Å². The number of benzene rings is 1. The summed E-state index contributed by atoms with van der Waals surface area (Å²) in [6.45, 7) is 3.12. The van der Waals surface area contributed by atoms with E-state index in [4.69, 9.17) is 0 Å². The van der Waals surface area contributed by atoms with Crippen molar-refractivity contribution in [2.24, 2.45) is 0 Å². The summed E-state index contributed by atoms with van der Waals surface area (Å²) in [7, 11) is -3.61. The monoisotopic (exact) mass is 248 g/mol. The van der Waals surface area contributed by atoms with E-state index in [1.54, 1.807) is 30.3 Å². The van der Waals surface area contributed by atoms with E-state index in [0.717, 1.165) is 5.41 Å². The summed E-state index contributed by atoms with van der Waals surface area (Å²) in [6.07, 6.45) is 0. The van der Waals surface area contributed by atoms with Gasteiger partial charge in [-0.3, -0.25) is 0 Å². The summed E-state index contributed by atoms with van der Waals surface area (Å²) in [5, 5.41) is 0.764. The average Bonchev–Trinajstić information content (AvgIpc) is 2.06. The van der Waals surface area contributed by atoms with Crippen LogP contribution in [0.2, 0.25) is 0 Å². The summed E-state index contributed by atoms with van der Waals surface area (Å²) in [5.41, 5.74) is 0. The molecule has 66 valence electrons. The molecule has 0 bridgehead atoms. The van der Waals surface area contributed by atoms with Gasteiger partial charge in [-0.15, -0.1) is 0 Å². The molecule has 0 spiro atoms. The van der Waals surface area contributed by atoms with Crippen molar-refractivity contribution in [3.05, 3.63) is 42.3 Å². The maximum atomic E-state index is 10.8. The first-order chi connectivity index (χ1) is 5.64. The molecule has 0 N–H and O–H groups in total. The van der Waals surface area contributed by atoms with Gasteiger partial charge < -0.3 is 4.18 Å². The molecule has 0 aliphatic carbocycles. The Kier molecular flexibility index (Phi) is 4.88. The summed E-state index contributed by atoms with van der Waals surface area (Å²) < 4.78 is 26.3. The molecule has 0 aromatic heterocycles. The van der Waals surface area contributed by atoms with Gasteiger partial charge in [0.05, 0.1) is 5.41 Å². The molecule has 0 atom stereocenters. The standard InChI is InChI=1S/C8H8O3S.Zn/c1-2-12(9,10)11-8-6-4-3-5-7-8;/h2-7H,1H2;. The van der Waals surface area contributed by atoms with E-state index in [2.05, 4.69) is 10.8 Å². The fourth-order valence-corrected chi connectivity index (χ4v) is 1.09. The van der Waals surface area contributed by atoms with Crippen LogP contribution >= 0.6 is 0 Å². The molecule has 0 aliphatic rings. The van der Waals surface area contributed by atoms with Gasteiger partial charge in [0.15, 0.2) is 0 Å². The van der Waals surface area contributed by atoms with Crippen LogP contribution in [-0.4, -0.2) is 8.42 Å². The van der Waals surface area contributed by atoms with Crippen LogP contribution in [0.25, 0.3) is 0 Å². The van der Waals surface area contributed by atoms with E-state index < -0.39 is 10.1 Å². The van der Waals surface area contributed by atoms with Gasteiger partial charge in [-0.25, -0.2) is 0 Å². The van der Waals surface area contributed by atoms with Crippen LogP contribution in [0.3, 0.4) is 0 Å².